The fourth-order valence-electron chi connectivity index (χ4n) is 4.25. The molecule has 0 heterocycles. The summed E-state index contributed by atoms with van der Waals surface area (Å²) in [4.78, 5) is 13.3. The topological polar surface area (TPSA) is 32.3 Å². The molecule has 0 aromatic carbocycles. The van der Waals surface area contributed by atoms with E-state index in [1.165, 1.54) is 116 Å². The maximum Gasteiger partial charge on any atom is 0.471 e. The summed E-state index contributed by atoms with van der Waals surface area (Å²) in [7, 11) is 0. The number of hydrogen-bond acceptors (Lipinski definition) is 2. The highest BCUT2D eigenvalue weighted by Crippen LogP contribution is 2.15. The summed E-state index contributed by atoms with van der Waals surface area (Å²) in [5.41, 5.74) is 0. The van der Waals surface area contributed by atoms with E-state index in [1.54, 1.807) is 0 Å². The fourth-order valence-corrected chi connectivity index (χ4v) is 4.25. The molecule has 0 aliphatic heterocycles. The van der Waals surface area contributed by atoms with E-state index in [2.05, 4.69) is 18.7 Å². The van der Waals surface area contributed by atoms with Gasteiger partial charge in [0.05, 0.1) is 0 Å². The average Bonchev–Trinajstić information content (AvgIpc) is 2.78. The Morgan fingerprint density at radius 2 is 0.970 bits per heavy atom. The van der Waals surface area contributed by atoms with Crippen LogP contribution in [0.4, 0.5) is 13.2 Å². The first kappa shape index (κ1) is 32.2. The molecule has 0 radical (unpaired) electrons. The Labute approximate surface area is 202 Å². The summed E-state index contributed by atoms with van der Waals surface area (Å²) >= 11 is 0. The number of alkyl halides is 3. The van der Waals surface area contributed by atoms with Gasteiger partial charge in [-0.2, -0.15) is 13.2 Å². The zero-order valence-corrected chi connectivity index (χ0v) is 21.8. The minimum Gasteiger partial charge on any atom is -0.348 e. The summed E-state index contributed by atoms with van der Waals surface area (Å²) in [5, 5.41) is 1.92. The summed E-state index contributed by atoms with van der Waals surface area (Å²) in [6.45, 7) is 8.40. The Hall–Kier alpha value is -0.780. The van der Waals surface area contributed by atoms with Crippen molar-refractivity contribution in [3.05, 3.63) is 0 Å². The highest BCUT2D eigenvalue weighted by atomic mass is 19.4. The minimum atomic E-state index is -4.76. The molecule has 3 nitrogen and oxygen atoms in total. The van der Waals surface area contributed by atoms with Gasteiger partial charge in [0, 0.05) is 6.54 Å². The quantitative estimate of drug-likeness (QED) is 0.141. The van der Waals surface area contributed by atoms with Gasteiger partial charge in [-0.1, -0.05) is 117 Å². The summed E-state index contributed by atoms with van der Waals surface area (Å²) < 4.78 is 36.1. The predicted molar refractivity (Wildman–Crippen MR) is 135 cm³/mol. The van der Waals surface area contributed by atoms with Gasteiger partial charge in [-0.25, -0.2) is 0 Å². The highest BCUT2D eigenvalue weighted by Gasteiger charge is 2.38. The SMILES string of the molecule is CCCCCCCCN(CC)CCCCCCCCCCCCCCCNC(=O)C(F)(F)F. The van der Waals surface area contributed by atoms with Gasteiger partial charge >= 0.3 is 12.1 Å². The molecular formula is C27H53F3N2O. The van der Waals surface area contributed by atoms with Crippen molar-refractivity contribution < 1.29 is 18.0 Å². The fraction of sp³-hybridized carbons (Fsp3) is 0.963. The molecule has 33 heavy (non-hydrogen) atoms. The van der Waals surface area contributed by atoms with Crippen LogP contribution < -0.4 is 5.32 Å². The Bertz CT molecular complexity index is 430. The molecule has 0 spiro atoms. The van der Waals surface area contributed by atoms with E-state index in [1.807, 2.05) is 5.32 Å². The molecule has 1 N–H and O–H groups in total. The third kappa shape index (κ3) is 22.8. The van der Waals surface area contributed by atoms with Crippen LogP contribution in [0.15, 0.2) is 0 Å². The lowest BCUT2D eigenvalue weighted by Crippen LogP contribution is -2.37. The first-order chi connectivity index (χ1) is 15.9. The molecule has 0 aliphatic carbocycles. The highest BCUT2D eigenvalue weighted by molar-refractivity contribution is 5.81. The number of nitrogens with one attached hydrogen (secondary N) is 1. The zero-order valence-electron chi connectivity index (χ0n) is 21.8. The van der Waals surface area contributed by atoms with Gasteiger partial charge in [0.2, 0.25) is 0 Å². The van der Waals surface area contributed by atoms with Crippen molar-refractivity contribution in [2.75, 3.05) is 26.2 Å². The van der Waals surface area contributed by atoms with Gasteiger partial charge in [-0.15, -0.1) is 0 Å². The molecule has 198 valence electrons. The largest absolute Gasteiger partial charge is 0.471 e. The van der Waals surface area contributed by atoms with Crippen LogP contribution in [0.5, 0.6) is 0 Å². The number of amides is 1. The van der Waals surface area contributed by atoms with Crippen LogP contribution in [0.2, 0.25) is 0 Å². The molecule has 0 saturated heterocycles. The minimum absolute atomic E-state index is 0.119. The number of carbonyl (C=O) groups is 1. The van der Waals surface area contributed by atoms with E-state index in [0.717, 1.165) is 19.3 Å². The van der Waals surface area contributed by atoms with Gasteiger partial charge in [-0.3, -0.25) is 4.79 Å². The Balaban J connectivity index is 3.29. The second-order valence-electron chi connectivity index (χ2n) is 9.55. The second kappa shape index (κ2) is 23.0. The van der Waals surface area contributed by atoms with E-state index in [0.29, 0.717) is 6.42 Å². The van der Waals surface area contributed by atoms with Crippen molar-refractivity contribution in [1.29, 1.82) is 0 Å². The standard InChI is InChI=1S/C27H53F3N2O/c1-3-5-6-7-18-21-24-32(4-2)25-22-19-16-14-12-10-8-9-11-13-15-17-20-23-31-26(33)27(28,29)30/h3-25H2,1-2H3,(H,31,33). The molecule has 0 unspecified atom stereocenters. The first-order valence-corrected chi connectivity index (χ1v) is 14.0. The van der Waals surface area contributed by atoms with E-state index in [9.17, 15) is 18.0 Å². The normalized spacial score (nSPS) is 11.9. The number of hydrogen-bond donors (Lipinski definition) is 1. The molecule has 0 aliphatic rings. The summed E-state index contributed by atoms with van der Waals surface area (Å²) in [6.07, 6.45) is 19.0. The van der Waals surface area contributed by atoms with Crippen molar-refractivity contribution in [3.63, 3.8) is 0 Å². The summed E-state index contributed by atoms with van der Waals surface area (Å²) in [5.74, 6) is -1.83. The lowest BCUT2D eigenvalue weighted by atomic mass is 10.0. The van der Waals surface area contributed by atoms with Gasteiger partial charge in [0.1, 0.15) is 0 Å². The average molecular weight is 479 g/mol. The number of nitrogens with zero attached hydrogens (tertiary/aromatic N) is 1. The van der Waals surface area contributed by atoms with Gasteiger partial charge in [0.15, 0.2) is 0 Å². The van der Waals surface area contributed by atoms with Crippen LogP contribution in [-0.4, -0.2) is 43.2 Å². The first-order valence-electron chi connectivity index (χ1n) is 14.0. The molecule has 0 fully saturated rings. The summed E-state index contributed by atoms with van der Waals surface area (Å²) in [6, 6.07) is 0. The molecule has 0 rings (SSSR count). The number of rotatable bonds is 24. The van der Waals surface area contributed by atoms with Crippen molar-refractivity contribution in [3.8, 4) is 0 Å². The number of unbranched alkanes of at least 4 members (excludes halogenated alkanes) is 17. The van der Waals surface area contributed by atoms with E-state index in [-0.39, 0.29) is 6.54 Å². The van der Waals surface area contributed by atoms with E-state index in [4.69, 9.17) is 0 Å². The van der Waals surface area contributed by atoms with Crippen molar-refractivity contribution in [2.45, 2.75) is 142 Å². The molecular weight excluding hydrogens is 425 g/mol. The van der Waals surface area contributed by atoms with Crippen LogP contribution >= 0.6 is 0 Å². The van der Waals surface area contributed by atoms with Gasteiger partial charge < -0.3 is 10.2 Å². The third-order valence-corrected chi connectivity index (χ3v) is 6.47. The lowest BCUT2D eigenvalue weighted by Gasteiger charge is -2.20. The molecule has 0 bridgehead atoms. The van der Waals surface area contributed by atoms with Crippen molar-refractivity contribution in [2.24, 2.45) is 0 Å². The lowest BCUT2D eigenvalue weighted by molar-refractivity contribution is -0.173. The maximum absolute atomic E-state index is 12.0. The third-order valence-electron chi connectivity index (χ3n) is 6.47. The van der Waals surface area contributed by atoms with Crippen LogP contribution in [-0.2, 0) is 4.79 Å². The molecule has 0 atom stereocenters. The predicted octanol–water partition coefficient (Wildman–Crippen LogP) is 8.42. The molecule has 1 amide bonds. The molecule has 0 saturated carbocycles. The second-order valence-corrected chi connectivity index (χ2v) is 9.55. The molecule has 0 aromatic heterocycles. The number of halogens is 3. The van der Waals surface area contributed by atoms with Crippen LogP contribution in [0.1, 0.15) is 136 Å². The van der Waals surface area contributed by atoms with E-state index >= 15 is 0 Å². The van der Waals surface area contributed by atoms with Crippen LogP contribution in [0.3, 0.4) is 0 Å². The smallest absolute Gasteiger partial charge is 0.348 e. The monoisotopic (exact) mass is 478 g/mol. The van der Waals surface area contributed by atoms with Crippen molar-refractivity contribution in [1.82, 2.24) is 10.2 Å². The van der Waals surface area contributed by atoms with E-state index < -0.39 is 12.1 Å². The Morgan fingerprint density at radius 3 is 1.33 bits per heavy atom. The molecule has 0 aromatic rings. The Kier molecular flexibility index (Phi) is 22.4. The number of carbonyl (C=O) groups excluding carboxylic acids is 1. The maximum atomic E-state index is 12.0. The van der Waals surface area contributed by atoms with Crippen molar-refractivity contribution >= 4 is 5.91 Å². The Morgan fingerprint density at radius 1 is 0.606 bits per heavy atom. The van der Waals surface area contributed by atoms with Crippen LogP contribution in [0, 0.1) is 0 Å². The molecule has 6 heteroatoms. The van der Waals surface area contributed by atoms with Gasteiger partial charge in [0.25, 0.3) is 0 Å². The van der Waals surface area contributed by atoms with Gasteiger partial charge in [-0.05, 0) is 38.9 Å². The van der Waals surface area contributed by atoms with Crippen LogP contribution in [0.25, 0.3) is 0 Å². The zero-order chi connectivity index (χ0) is 24.6.